The highest BCUT2D eigenvalue weighted by molar-refractivity contribution is 7.54. The predicted molar refractivity (Wildman–Crippen MR) is 71.4 cm³/mol. The molecule has 0 N–H and O–H groups in total. The Morgan fingerprint density at radius 3 is 2.60 bits per heavy atom. The first-order valence-electron chi connectivity index (χ1n) is 6.72. The van der Waals surface area contributed by atoms with Gasteiger partial charge >= 0.3 is 13.6 Å². The lowest BCUT2D eigenvalue weighted by Gasteiger charge is -2.33. The van der Waals surface area contributed by atoms with Crippen molar-refractivity contribution in [2.24, 2.45) is 0 Å². The Balaban J connectivity index is 2.30. The van der Waals surface area contributed by atoms with Gasteiger partial charge in [0.1, 0.15) is 11.4 Å². The molecule has 6 nitrogen and oxygen atoms in total. The van der Waals surface area contributed by atoms with Crippen LogP contribution in [0.2, 0.25) is 0 Å². The maximum absolute atomic E-state index is 12.9. The number of esters is 1. The maximum Gasteiger partial charge on any atom is 0.337 e. The molecule has 1 saturated heterocycles. The summed E-state index contributed by atoms with van der Waals surface area (Å²) < 4.78 is 34.3. The van der Waals surface area contributed by atoms with Crippen molar-refractivity contribution in [3.05, 3.63) is 24.2 Å². The summed E-state index contributed by atoms with van der Waals surface area (Å²) in [5, 5.41) is 0. The summed E-state index contributed by atoms with van der Waals surface area (Å²) in [6.07, 6.45) is 1.35. The van der Waals surface area contributed by atoms with Gasteiger partial charge in [-0.3, -0.25) is 9.36 Å². The molecule has 0 aromatic carbocycles. The van der Waals surface area contributed by atoms with E-state index < -0.39 is 19.4 Å². The molecule has 0 amide bonds. The first-order valence-corrected chi connectivity index (χ1v) is 8.33. The average molecular weight is 302 g/mol. The largest absolute Gasteiger partial charge is 0.465 e. The van der Waals surface area contributed by atoms with Crippen molar-refractivity contribution < 1.29 is 27.6 Å². The van der Waals surface area contributed by atoms with E-state index in [1.807, 2.05) is 0 Å². The number of hydrogen-bond acceptors (Lipinski definition) is 6. The van der Waals surface area contributed by atoms with Crippen LogP contribution in [0.15, 0.2) is 22.8 Å². The second kappa shape index (κ2) is 6.57. The highest BCUT2D eigenvalue weighted by atomic mass is 31.2. The molecule has 2 heterocycles. The smallest absolute Gasteiger partial charge is 0.337 e. The fourth-order valence-electron chi connectivity index (χ4n) is 2.31. The fraction of sp³-hybridized carbons (Fsp3) is 0.615. The summed E-state index contributed by atoms with van der Waals surface area (Å²) in [6, 6.07) is 3.39. The number of cyclic esters (lactones) is 1. The van der Waals surface area contributed by atoms with E-state index in [0.717, 1.165) is 0 Å². The van der Waals surface area contributed by atoms with Crippen molar-refractivity contribution in [2.75, 3.05) is 13.2 Å². The van der Waals surface area contributed by atoms with E-state index in [1.54, 1.807) is 26.0 Å². The van der Waals surface area contributed by atoms with E-state index in [2.05, 4.69) is 0 Å². The number of hydrogen-bond donors (Lipinski definition) is 0. The predicted octanol–water partition coefficient (Wildman–Crippen LogP) is 3.29. The Morgan fingerprint density at radius 1 is 1.35 bits per heavy atom. The summed E-state index contributed by atoms with van der Waals surface area (Å²) in [5.41, 5.74) is -0.536. The van der Waals surface area contributed by atoms with Gasteiger partial charge in [0, 0.05) is 6.42 Å². The van der Waals surface area contributed by atoms with Gasteiger partial charge in [-0.25, -0.2) is 0 Å². The monoisotopic (exact) mass is 302 g/mol. The minimum absolute atomic E-state index is 0.200. The molecule has 0 aliphatic carbocycles. The molecule has 1 aromatic rings. The molecule has 1 aliphatic heterocycles. The minimum atomic E-state index is -3.36. The molecule has 1 aromatic heterocycles. The quantitative estimate of drug-likeness (QED) is 0.593. The van der Waals surface area contributed by atoms with Gasteiger partial charge in [0.2, 0.25) is 0 Å². The van der Waals surface area contributed by atoms with Gasteiger partial charge in [-0.15, -0.1) is 0 Å². The topological polar surface area (TPSA) is 75.0 Å². The number of furan rings is 1. The number of carbonyl (C=O) groups is 1. The molecule has 2 unspecified atom stereocenters. The first kappa shape index (κ1) is 15.3. The molecule has 0 radical (unpaired) electrons. The maximum atomic E-state index is 12.9. The van der Waals surface area contributed by atoms with E-state index >= 15 is 0 Å². The van der Waals surface area contributed by atoms with Crippen LogP contribution in [0.3, 0.4) is 0 Å². The number of ether oxygens (including phenoxy) is 1. The summed E-state index contributed by atoms with van der Waals surface area (Å²) in [5.74, 6) is 0.130. The lowest BCUT2D eigenvalue weighted by atomic mass is 10.1. The van der Waals surface area contributed by atoms with E-state index in [9.17, 15) is 9.36 Å². The van der Waals surface area contributed by atoms with Crippen molar-refractivity contribution >= 4 is 13.6 Å². The molecule has 1 fully saturated rings. The van der Waals surface area contributed by atoms with E-state index in [1.165, 1.54) is 6.26 Å². The third-order valence-electron chi connectivity index (χ3n) is 3.10. The molecule has 0 spiro atoms. The normalized spacial score (nSPS) is 23.6. The lowest BCUT2D eigenvalue weighted by Crippen LogP contribution is -2.31. The molecule has 1 aliphatic rings. The van der Waals surface area contributed by atoms with Gasteiger partial charge in [-0.2, -0.15) is 0 Å². The Kier molecular flexibility index (Phi) is 5.02. The lowest BCUT2D eigenvalue weighted by molar-refractivity contribution is -0.155. The van der Waals surface area contributed by atoms with Gasteiger partial charge in [0.15, 0.2) is 6.10 Å². The highest BCUT2D eigenvalue weighted by Crippen LogP contribution is 2.60. The highest BCUT2D eigenvalue weighted by Gasteiger charge is 2.47. The molecule has 7 heteroatoms. The summed E-state index contributed by atoms with van der Waals surface area (Å²) in [6.45, 7) is 4.05. The molecule has 0 bridgehead atoms. The Bertz CT molecular complexity index is 473. The molecular formula is C13H19O6P. The van der Waals surface area contributed by atoms with Gasteiger partial charge in [-0.05, 0) is 32.4 Å². The SMILES string of the molecule is CCOP(=O)(OCC)C1CCC(=O)OC1c1ccco1. The van der Waals surface area contributed by atoms with Crippen LogP contribution in [-0.2, 0) is 23.1 Å². The van der Waals surface area contributed by atoms with E-state index in [0.29, 0.717) is 12.2 Å². The van der Waals surface area contributed by atoms with Gasteiger partial charge in [-0.1, -0.05) is 0 Å². The zero-order valence-electron chi connectivity index (χ0n) is 11.6. The molecular weight excluding hydrogens is 283 g/mol. The van der Waals surface area contributed by atoms with Crippen LogP contribution in [0.25, 0.3) is 0 Å². The molecule has 112 valence electrons. The summed E-state index contributed by atoms with van der Waals surface area (Å²) in [4.78, 5) is 11.5. The number of rotatable bonds is 6. The Hall–Kier alpha value is -1.10. The third kappa shape index (κ3) is 3.14. The Morgan fingerprint density at radius 2 is 2.05 bits per heavy atom. The summed E-state index contributed by atoms with van der Waals surface area (Å²) in [7, 11) is -3.36. The van der Waals surface area contributed by atoms with Crippen LogP contribution in [-0.4, -0.2) is 24.8 Å². The van der Waals surface area contributed by atoms with Crippen LogP contribution < -0.4 is 0 Å². The Labute approximate surface area is 117 Å². The zero-order chi connectivity index (χ0) is 14.6. The van der Waals surface area contributed by atoms with Crippen molar-refractivity contribution in [3.63, 3.8) is 0 Å². The average Bonchev–Trinajstić information content (AvgIpc) is 2.92. The van der Waals surface area contributed by atoms with Gasteiger partial charge in [0.25, 0.3) is 0 Å². The number of carbonyl (C=O) groups excluding carboxylic acids is 1. The van der Waals surface area contributed by atoms with Crippen LogP contribution in [0.1, 0.15) is 38.6 Å². The van der Waals surface area contributed by atoms with Crippen LogP contribution in [0.4, 0.5) is 0 Å². The zero-order valence-corrected chi connectivity index (χ0v) is 12.5. The fourth-order valence-corrected chi connectivity index (χ4v) is 4.47. The third-order valence-corrected chi connectivity index (χ3v) is 5.68. The summed E-state index contributed by atoms with van der Waals surface area (Å²) >= 11 is 0. The second-order valence-electron chi connectivity index (χ2n) is 4.41. The molecule has 20 heavy (non-hydrogen) atoms. The van der Waals surface area contributed by atoms with Crippen molar-refractivity contribution in [2.45, 2.75) is 38.5 Å². The van der Waals surface area contributed by atoms with Crippen molar-refractivity contribution in [1.29, 1.82) is 0 Å². The standard InChI is InChI=1S/C13H19O6P/c1-3-17-20(15,18-4-2)11-7-8-12(14)19-13(11)10-6-5-9-16-10/h5-6,9,11,13H,3-4,7-8H2,1-2H3. The minimum Gasteiger partial charge on any atom is -0.465 e. The second-order valence-corrected chi connectivity index (χ2v) is 6.67. The van der Waals surface area contributed by atoms with Crippen LogP contribution >= 0.6 is 7.60 Å². The molecule has 2 rings (SSSR count). The van der Waals surface area contributed by atoms with Gasteiger partial charge < -0.3 is 18.2 Å². The van der Waals surface area contributed by atoms with E-state index in [-0.39, 0.29) is 25.6 Å². The van der Waals surface area contributed by atoms with Crippen LogP contribution in [0.5, 0.6) is 0 Å². The van der Waals surface area contributed by atoms with Gasteiger partial charge in [0.05, 0.1) is 19.5 Å². The van der Waals surface area contributed by atoms with E-state index in [4.69, 9.17) is 18.2 Å². The molecule has 0 saturated carbocycles. The van der Waals surface area contributed by atoms with Crippen molar-refractivity contribution in [3.8, 4) is 0 Å². The first-order chi connectivity index (χ1) is 9.60. The van der Waals surface area contributed by atoms with Crippen LogP contribution in [0, 0.1) is 0 Å². The van der Waals surface area contributed by atoms with Crippen molar-refractivity contribution in [1.82, 2.24) is 0 Å². The molecule has 2 atom stereocenters.